The summed E-state index contributed by atoms with van der Waals surface area (Å²) in [5.74, 6) is 0.0230. The highest BCUT2D eigenvalue weighted by Gasteiger charge is 2.14. The first-order valence-corrected chi connectivity index (χ1v) is 8.71. The van der Waals surface area contributed by atoms with Gasteiger partial charge in [-0.15, -0.1) is 11.3 Å². The molecule has 3 rings (SSSR count). The number of pyridine rings is 1. The number of thiazole rings is 1. The van der Waals surface area contributed by atoms with E-state index in [1.807, 2.05) is 41.8 Å². The molecule has 2 heterocycles. The monoisotopic (exact) mass is 357 g/mol. The average Bonchev–Trinajstić information content (AvgIpc) is 3.04. The first-order chi connectivity index (χ1) is 11.6. The van der Waals surface area contributed by atoms with E-state index in [0.29, 0.717) is 11.6 Å². The van der Waals surface area contributed by atoms with Gasteiger partial charge in [-0.05, 0) is 17.7 Å². The van der Waals surface area contributed by atoms with Gasteiger partial charge in [0.1, 0.15) is 5.01 Å². The van der Waals surface area contributed by atoms with Crippen molar-refractivity contribution >= 4 is 28.8 Å². The summed E-state index contributed by atoms with van der Waals surface area (Å²) in [6, 6.07) is 11.4. The third-order valence-electron chi connectivity index (χ3n) is 3.56. The molecule has 0 unspecified atom stereocenters. The Morgan fingerprint density at radius 1 is 1.25 bits per heavy atom. The third kappa shape index (κ3) is 3.99. The number of likely N-dealkylation sites (N-methyl/N-ethyl adjacent to an activating group) is 1. The minimum Gasteiger partial charge on any atom is -0.341 e. The van der Waals surface area contributed by atoms with Gasteiger partial charge in [0.2, 0.25) is 5.91 Å². The number of hydrogen-bond donors (Lipinski definition) is 0. The van der Waals surface area contributed by atoms with E-state index >= 15 is 0 Å². The number of halogens is 1. The molecule has 3 aromatic rings. The molecule has 0 aliphatic carbocycles. The quantitative estimate of drug-likeness (QED) is 0.691. The van der Waals surface area contributed by atoms with Crippen molar-refractivity contribution in [1.29, 1.82) is 0 Å². The molecule has 2 aromatic heterocycles. The normalized spacial score (nSPS) is 10.6. The van der Waals surface area contributed by atoms with E-state index in [4.69, 9.17) is 11.6 Å². The van der Waals surface area contributed by atoms with Crippen molar-refractivity contribution in [3.8, 4) is 10.6 Å². The molecule has 0 fully saturated rings. The zero-order chi connectivity index (χ0) is 16.9. The Bertz CT molecular complexity index is 835. The van der Waals surface area contributed by atoms with Gasteiger partial charge in [-0.25, -0.2) is 4.98 Å². The maximum atomic E-state index is 12.4. The molecular weight excluding hydrogens is 342 g/mol. The average molecular weight is 358 g/mol. The van der Waals surface area contributed by atoms with Crippen LogP contribution in [0.25, 0.3) is 10.6 Å². The highest BCUT2D eigenvalue weighted by atomic mass is 35.5. The predicted molar refractivity (Wildman–Crippen MR) is 97.0 cm³/mol. The second-order valence-corrected chi connectivity index (χ2v) is 6.68. The SMILES string of the molecule is CN(Cc1cccnc1)C(=O)Cc1csc(-c2ccccc2Cl)n1. The topological polar surface area (TPSA) is 46.1 Å². The zero-order valence-corrected chi connectivity index (χ0v) is 14.7. The number of carbonyl (C=O) groups excluding carboxylic acids is 1. The molecule has 1 aromatic carbocycles. The van der Waals surface area contributed by atoms with Crippen LogP contribution >= 0.6 is 22.9 Å². The molecule has 0 N–H and O–H groups in total. The molecule has 0 aliphatic rings. The minimum atomic E-state index is 0.0230. The molecule has 122 valence electrons. The summed E-state index contributed by atoms with van der Waals surface area (Å²) in [7, 11) is 1.79. The molecule has 24 heavy (non-hydrogen) atoms. The van der Waals surface area contributed by atoms with Crippen LogP contribution in [0.3, 0.4) is 0 Å². The van der Waals surface area contributed by atoms with E-state index in [1.165, 1.54) is 11.3 Å². The smallest absolute Gasteiger partial charge is 0.228 e. The molecule has 0 aliphatic heterocycles. The lowest BCUT2D eigenvalue weighted by molar-refractivity contribution is -0.129. The Balaban J connectivity index is 1.66. The lowest BCUT2D eigenvalue weighted by Crippen LogP contribution is -2.27. The molecule has 0 saturated heterocycles. The van der Waals surface area contributed by atoms with Gasteiger partial charge in [-0.1, -0.05) is 35.9 Å². The minimum absolute atomic E-state index is 0.0230. The van der Waals surface area contributed by atoms with Crippen molar-refractivity contribution in [2.75, 3.05) is 7.05 Å². The Hall–Kier alpha value is -2.24. The van der Waals surface area contributed by atoms with Crippen LogP contribution in [-0.4, -0.2) is 27.8 Å². The molecule has 0 spiro atoms. The maximum absolute atomic E-state index is 12.4. The van der Waals surface area contributed by atoms with Gasteiger partial charge in [-0.2, -0.15) is 0 Å². The van der Waals surface area contributed by atoms with Gasteiger partial charge in [0.05, 0.1) is 17.1 Å². The third-order valence-corrected chi connectivity index (χ3v) is 4.81. The highest BCUT2D eigenvalue weighted by Crippen LogP contribution is 2.30. The van der Waals surface area contributed by atoms with Crippen molar-refractivity contribution in [2.24, 2.45) is 0 Å². The Morgan fingerprint density at radius 3 is 2.83 bits per heavy atom. The zero-order valence-electron chi connectivity index (χ0n) is 13.1. The van der Waals surface area contributed by atoms with Crippen LogP contribution < -0.4 is 0 Å². The van der Waals surface area contributed by atoms with Crippen LogP contribution in [-0.2, 0) is 17.8 Å². The number of benzene rings is 1. The fourth-order valence-corrected chi connectivity index (χ4v) is 3.43. The summed E-state index contributed by atoms with van der Waals surface area (Å²) in [5, 5.41) is 3.41. The van der Waals surface area contributed by atoms with Crippen molar-refractivity contribution in [1.82, 2.24) is 14.9 Å². The maximum Gasteiger partial charge on any atom is 0.228 e. The first kappa shape index (κ1) is 16.6. The highest BCUT2D eigenvalue weighted by molar-refractivity contribution is 7.13. The van der Waals surface area contributed by atoms with E-state index < -0.39 is 0 Å². The summed E-state index contributed by atoms with van der Waals surface area (Å²) in [5.41, 5.74) is 2.66. The molecular formula is C18H16ClN3OS. The summed E-state index contributed by atoms with van der Waals surface area (Å²) in [6.45, 7) is 0.536. The number of nitrogens with zero attached hydrogens (tertiary/aromatic N) is 3. The number of amides is 1. The number of aromatic nitrogens is 2. The van der Waals surface area contributed by atoms with Crippen LogP contribution in [0.2, 0.25) is 5.02 Å². The van der Waals surface area contributed by atoms with Crippen molar-refractivity contribution in [3.05, 3.63) is 70.5 Å². The van der Waals surface area contributed by atoms with Crippen molar-refractivity contribution < 1.29 is 4.79 Å². The predicted octanol–water partition coefficient (Wildman–Crippen LogP) is 4.06. The van der Waals surface area contributed by atoms with Crippen LogP contribution in [0.4, 0.5) is 0 Å². The number of hydrogen-bond acceptors (Lipinski definition) is 4. The molecule has 0 atom stereocenters. The van der Waals surface area contributed by atoms with E-state index in [9.17, 15) is 4.79 Å². The Labute approximate surface area is 149 Å². The largest absolute Gasteiger partial charge is 0.341 e. The van der Waals surface area contributed by atoms with Crippen molar-refractivity contribution in [3.63, 3.8) is 0 Å². The fraction of sp³-hybridized carbons (Fsp3) is 0.167. The fourth-order valence-electron chi connectivity index (χ4n) is 2.29. The first-order valence-electron chi connectivity index (χ1n) is 7.45. The second kappa shape index (κ2) is 7.55. The summed E-state index contributed by atoms with van der Waals surface area (Å²) >= 11 is 7.70. The van der Waals surface area contributed by atoms with Gasteiger partial charge in [-0.3, -0.25) is 9.78 Å². The molecule has 0 radical (unpaired) electrons. The van der Waals surface area contributed by atoms with Crippen LogP contribution in [0.1, 0.15) is 11.3 Å². The van der Waals surface area contributed by atoms with E-state index in [0.717, 1.165) is 21.8 Å². The summed E-state index contributed by atoms with van der Waals surface area (Å²) in [4.78, 5) is 22.7. The summed E-state index contributed by atoms with van der Waals surface area (Å²) in [6.07, 6.45) is 3.76. The standard InChI is InChI=1S/C18H16ClN3OS/c1-22(11-13-5-4-8-20-10-13)17(23)9-14-12-24-18(21-14)15-6-2-3-7-16(15)19/h2-8,10,12H,9,11H2,1H3. The Morgan fingerprint density at radius 2 is 2.08 bits per heavy atom. The van der Waals surface area contributed by atoms with Crippen molar-refractivity contribution in [2.45, 2.75) is 13.0 Å². The van der Waals surface area contributed by atoms with Gasteiger partial charge < -0.3 is 4.90 Å². The van der Waals surface area contributed by atoms with Crippen LogP contribution in [0.15, 0.2) is 54.2 Å². The van der Waals surface area contributed by atoms with Gasteiger partial charge in [0.15, 0.2) is 0 Å². The van der Waals surface area contributed by atoms with E-state index in [-0.39, 0.29) is 12.3 Å². The van der Waals surface area contributed by atoms with Gasteiger partial charge in [0, 0.05) is 36.9 Å². The molecule has 4 nitrogen and oxygen atoms in total. The molecule has 0 bridgehead atoms. The second-order valence-electron chi connectivity index (χ2n) is 5.41. The Kier molecular flexibility index (Phi) is 5.23. The van der Waals surface area contributed by atoms with E-state index in [1.54, 1.807) is 24.3 Å². The lowest BCUT2D eigenvalue weighted by Gasteiger charge is -2.16. The van der Waals surface area contributed by atoms with Gasteiger partial charge >= 0.3 is 0 Å². The molecule has 1 amide bonds. The molecule has 0 saturated carbocycles. The van der Waals surface area contributed by atoms with Crippen LogP contribution in [0, 0.1) is 0 Å². The molecule has 6 heteroatoms. The lowest BCUT2D eigenvalue weighted by atomic mass is 10.2. The number of carbonyl (C=O) groups is 1. The number of rotatable bonds is 5. The van der Waals surface area contributed by atoms with E-state index in [2.05, 4.69) is 9.97 Å². The summed E-state index contributed by atoms with van der Waals surface area (Å²) < 4.78 is 0. The van der Waals surface area contributed by atoms with Gasteiger partial charge in [0.25, 0.3) is 0 Å². The van der Waals surface area contributed by atoms with Crippen LogP contribution in [0.5, 0.6) is 0 Å².